The third-order valence-corrected chi connectivity index (χ3v) is 5.52. The van der Waals surface area contributed by atoms with E-state index >= 15 is 0 Å². The van der Waals surface area contributed by atoms with Crippen LogP contribution in [0, 0.1) is 15.5 Å². The first-order valence-electron chi connectivity index (χ1n) is 10.8. The number of hydrogen-bond donors (Lipinski definition) is 0. The quantitative estimate of drug-likeness (QED) is 0.150. The fourth-order valence-electron chi connectivity index (χ4n) is 3.35. The number of nitrogens with zero attached hydrogens (tertiary/aromatic N) is 2. The van der Waals surface area contributed by atoms with Crippen LogP contribution in [0.1, 0.15) is 35.2 Å². The maximum absolute atomic E-state index is 12.5. The highest BCUT2D eigenvalue weighted by atomic mass is 16.6. The first-order chi connectivity index (χ1) is 16.2. The Labute approximate surface area is 198 Å². The topological polar surface area (TPSA) is 108 Å². The monoisotopic (exact) mass is 468 g/mol. The minimum atomic E-state index is -0.628. The molecule has 1 saturated carbocycles. The molecular formula is C25H28N2O7. The Hall–Kier alpha value is -3.88. The van der Waals surface area contributed by atoms with Crippen LogP contribution < -0.4 is 9.47 Å². The fourth-order valence-corrected chi connectivity index (χ4v) is 3.35. The van der Waals surface area contributed by atoms with E-state index in [1.165, 1.54) is 31.5 Å². The van der Waals surface area contributed by atoms with Crippen molar-refractivity contribution < 1.29 is 28.7 Å². The van der Waals surface area contributed by atoms with Gasteiger partial charge >= 0.3 is 5.97 Å². The van der Waals surface area contributed by atoms with Crippen molar-refractivity contribution >= 4 is 17.4 Å². The Balaban J connectivity index is 1.68. The molecule has 34 heavy (non-hydrogen) atoms. The fraction of sp³-hybridized carbons (Fsp3) is 0.360. The van der Waals surface area contributed by atoms with E-state index in [2.05, 4.69) is 0 Å². The van der Waals surface area contributed by atoms with Gasteiger partial charge in [-0.1, -0.05) is 30.3 Å². The van der Waals surface area contributed by atoms with Gasteiger partial charge < -0.3 is 19.1 Å². The summed E-state index contributed by atoms with van der Waals surface area (Å²) >= 11 is 0. The zero-order valence-electron chi connectivity index (χ0n) is 19.5. The molecule has 2 aromatic carbocycles. The van der Waals surface area contributed by atoms with E-state index < -0.39 is 10.7 Å². The SMILES string of the molecule is COc1cc(C(=O)/C=C/N(C)C)c([N+](=O)[O-])cc1OCC1(CC(=O)OCc2ccccc2)CC1. The van der Waals surface area contributed by atoms with Gasteiger partial charge in [-0.3, -0.25) is 19.7 Å². The van der Waals surface area contributed by atoms with Gasteiger partial charge in [0.05, 0.1) is 31.1 Å². The Kier molecular flexibility index (Phi) is 7.88. The zero-order chi connectivity index (χ0) is 24.7. The van der Waals surface area contributed by atoms with Crippen LogP contribution in [0.5, 0.6) is 11.5 Å². The van der Waals surface area contributed by atoms with Gasteiger partial charge in [0.25, 0.3) is 5.69 Å². The number of nitro groups is 1. The number of esters is 1. The minimum Gasteiger partial charge on any atom is -0.493 e. The molecule has 1 fully saturated rings. The molecular weight excluding hydrogens is 440 g/mol. The molecule has 0 spiro atoms. The first-order valence-corrected chi connectivity index (χ1v) is 10.8. The van der Waals surface area contributed by atoms with Crippen molar-refractivity contribution in [2.24, 2.45) is 5.41 Å². The highest BCUT2D eigenvalue weighted by Crippen LogP contribution is 2.50. The summed E-state index contributed by atoms with van der Waals surface area (Å²) in [5, 5.41) is 11.6. The lowest BCUT2D eigenvalue weighted by molar-refractivity contribution is -0.385. The predicted molar refractivity (Wildman–Crippen MR) is 125 cm³/mol. The minimum absolute atomic E-state index is 0.0991. The van der Waals surface area contributed by atoms with E-state index in [1.54, 1.807) is 19.0 Å². The van der Waals surface area contributed by atoms with Gasteiger partial charge in [-0.05, 0) is 18.4 Å². The Bertz CT molecular complexity index is 1080. The summed E-state index contributed by atoms with van der Waals surface area (Å²) < 4.78 is 16.6. The lowest BCUT2D eigenvalue weighted by Crippen LogP contribution is -2.19. The molecule has 9 nitrogen and oxygen atoms in total. The largest absolute Gasteiger partial charge is 0.493 e. The molecule has 1 aliphatic rings. The van der Waals surface area contributed by atoms with E-state index in [4.69, 9.17) is 14.2 Å². The van der Waals surface area contributed by atoms with E-state index in [1.807, 2.05) is 30.3 Å². The zero-order valence-corrected chi connectivity index (χ0v) is 19.5. The second-order valence-corrected chi connectivity index (χ2v) is 8.53. The van der Waals surface area contributed by atoms with Crippen molar-refractivity contribution in [3.63, 3.8) is 0 Å². The number of carbonyl (C=O) groups excluding carboxylic acids is 2. The number of rotatable bonds is 12. The number of nitro benzene ring substituents is 1. The molecule has 9 heteroatoms. The molecule has 0 saturated heterocycles. The van der Waals surface area contributed by atoms with Crippen LogP contribution in [-0.4, -0.2) is 49.4 Å². The highest BCUT2D eigenvalue weighted by Gasteiger charge is 2.46. The number of ketones is 1. The third kappa shape index (κ3) is 6.57. The van der Waals surface area contributed by atoms with Crippen molar-refractivity contribution in [3.8, 4) is 11.5 Å². The number of benzene rings is 2. The maximum atomic E-state index is 12.5. The second kappa shape index (κ2) is 10.8. The number of methoxy groups -OCH3 is 1. The lowest BCUT2D eigenvalue weighted by atomic mass is 10.0. The number of hydrogen-bond acceptors (Lipinski definition) is 8. The van der Waals surface area contributed by atoms with Crippen LogP contribution in [0.3, 0.4) is 0 Å². The summed E-state index contributed by atoms with van der Waals surface area (Å²) in [5.41, 5.74) is 0.0505. The lowest BCUT2D eigenvalue weighted by Gasteiger charge is -2.17. The van der Waals surface area contributed by atoms with E-state index in [-0.39, 0.29) is 53.8 Å². The molecule has 2 aromatic rings. The maximum Gasteiger partial charge on any atom is 0.306 e. The molecule has 0 N–H and O–H groups in total. The number of ether oxygens (including phenoxy) is 3. The van der Waals surface area contributed by atoms with Crippen molar-refractivity contribution in [2.75, 3.05) is 27.8 Å². The van der Waals surface area contributed by atoms with Crippen molar-refractivity contribution in [1.82, 2.24) is 4.90 Å². The smallest absolute Gasteiger partial charge is 0.306 e. The number of allylic oxidation sites excluding steroid dienone is 1. The molecule has 3 rings (SSSR count). The molecule has 0 aliphatic heterocycles. The van der Waals surface area contributed by atoms with E-state index in [9.17, 15) is 19.7 Å². The van der Waals surface area contributed by atoms with E-state index in [0.29, 0.717) is 0 Å². The van der Waals surface area contributed by atoms with Gasteiger partial charge in [-0.25, -0.2) is 0 Å². The van der Waals surface area contributed by atoms with Crippen molar-refractivity contribution in [1.29, 1.82) is 0 Å². The van der Waals surface area contributed by atoms with E-state index in [0.717, 1.165) is 18.4 Å². The van der Waals surface area contributed by atoms with Crippen LogP contribution in [0.4, 0.5) is 5.69 Å². The van der Waals surface area contributed by atoms with Gasteiger partial charge in [0.1, 0.15) is 12.2 Å². The second-order valence-electron chi connectivity index (χ2n) is 8.53. The Morgan fingerprint density at radius 2 is 1.85 bits per heavy atom. The third-order valence-electron chi connectivity index (χ3n) is 5.52. The van der Waals surface area contributed by atoms with Crippen molar-refractivity contribution in [3.05, 3.63) is 76.0 Å². The summed E-state index contributed by atoms with van der Waals surface area (Å²) in [7, 11) is 4.87. The van der Waals surface area contributed by atoms with Gasteiger partial charge in [0.15, 0.2) is 17.3 Å². The molecule has 1 aliphatic carbocycles. The van der Waals surface area contributed by atoms with Gasteiger partial charge in [-0.2, -0.15) is 0 Å². The highest BCUT2D eigenvalue weighted by molar-refractivity contribution is 6.07. The predicted octanol–water partition coefficient (Wildman–Crippen LogP) is 4.15. The number of carbonyl (C=O) groups is 2. The Morgan fingerprint density at radius 1 is 1.15 bits per heavy atom. The summed E-state index contributed by atoms with van der Waals surface area (Å²) in [4.78, 5) is 37.5. The summed E-state index contributed by atoms with van der Waals surface area (Å²) in [6, 6.07) is 11.9. The molecule has 0 unspecified atom stereocenters. The molecule has 0 aromatic heterocycles. The molecule has 180 valence electrons. The molecule has 0 radical (unpaired) electrons. The molecule has 0 bridgehead atoms. The van der Waals surface area contributed by atoms with Crippen LogP contribution in [0.2, 0.25) is 0 Å². The van der Waals surface area contributed by atoms with Gasteiger partial charge in [0, 0.05) is 37.9 Å². The van der Waals surface area contributed by atoms with Crippen molar-refractivity contribution in [2.45, 2.75) is 25.9 Å². The van der Waals surface area contributed by atoms with Crippen LogP contribution >= 0.6 is 0 Å². The van der Waals surface area contributed by atoms with Gasteiger partial charge in [0.2, 0.25) is 0 Å². The average molecular weight is 469 g/mol. The molecule has 0 heterocycles. The Morgan fingerprint density at radius 3 is 2.44 bits per heavy atom. The van der Waals surface area contributed by atoms with Gasteiger partial charge in [-0.15, -0.1) is 0 Å². The average Bonchev–Trinajstić information content (AvgIpc) is 3.59. The molecule has 0 amide bonds. The summed E-state index contributed by atoms with van der Waals surface area (Å²) in [6.07, 6.45) is 4.52. The molecule has 0 atom stereocenters. The first kappa shape index (κ1) is 24.8. The van der Waals surface area contributed by atoms with Crippen LogP contribution in [-0.2, 0) is 16.1 Å². The van der Waals surface area contributed by atoms with Crippen LogP contribution in [0.25, 0.3) is 0 Å². The summed E-state index contributed by atoms with van der Waals surface area (Å²) in [6.45, 7) is 0.378. The summed E-state index contributed by atoms with van der Waals surface area (Å²) in [5.74, 6) is -0.498. The van der Waals surface area contributed by atoms with Crippen LogP contribution in [0.15, 0.2) is 54.7 Å². The standard InChI is InChI=1S/C25H28N2O7/c1-26(2)12-9-21(28)19-13-22(32-3)23(14-20(19)27(30)31)34-17-25(10-11-25)15-24(29)33-16-18-7-5-4-6-8-18/h4-9,12-14H,10-11,15-17H2,1-3H3/b12-9+. The normalized spacial score (nSPS) is 13.9.